The first-order chi connectivity index (χ1) is 10.6. The molecule has 0 bridgehead atoms. The number of carbonyl (C=O) groups is 1. The summed E-state index contributed by atoms with van der Waals surface area (Å²) in [6.45, 7) is 7.36. The maximum Gasteiger partial charge on any atom is 0.338 e. The Balaban J connectivity index is 2.29. The van der Waals surface area contributed by atoms with Gasteiger partial charge >= 0.3 is 5.97 Å². The molecule has 0 radical (unpaired) electrons. The summed E-state index contributed by atoms with van der Waals surface area (Å²) in [5, 5.41) is 9.69. The predicted octanol–water partition coefficient (Wildman–Crippen LogP) is 3.22. The van der Waals surface area contributed by atoms with E-state index < -0.39 is 5.97 Å². The Kier molecular flexibility index (Phi) is 3.61. The number of hydrogen-bond acceptors (Lipinski definition) is 2. The SMILES string of the molecule is CCn1c(C)c(C(=O)O)c(C2=NCCc3ccccc32)c1C. The van der Waals surface area contributed by atoms with Gasteiger partial charge in [0.15, 0.2) is 0 Å². The third kappa shape index (κ3) is 2.06. The third-order valence-electron chi connectivity index (χ3n) is 4.47. The number of rotatable bonds is 3. The van der Waals surface area contributed by atoms with Crippen LogP contribution >= 0.6 is 0 Å². The fraction of sp³-hybridized carbons (Fsp3) is 0.333. The van der Waals surface area contributed by atoms with Crippen LogP contribution in [0.25, 0.3) is 0 Å². The molecule has 1 aromatic carbocycles. The Morgan fingerprint density at radius 2 is 2.00 bits per heavy atom. The maximum absolute atomic E-state index is 11.8. The highest BCUT2D eigenvalue weighted by Gasteiger charge is 2.28. The van der Waals surface area contributed by atoms with Crippen molar-refractivity contribution in [3.05, 3.63) is 57.9 Å². The van der Waals surface area contributed by atoms with Crippen molar-refractivity contribution >= 4 is 11.7 Å². The van der Waals surface area contributed by atoms with Crippen LogP contribution in [0.15, 0.2) is 29.3 Å². The van der Waals surface area contributed by atoms with Gasteiger partial charge in [-0.2, -0.15) is 0 Å². The summed E-state index contributed by atoms with van der Waals surface area (Å²) in [5.41, 5.74) is 6.07. The summed E-state index contributed by atoms with van der Waals surface area (Å²) >= 11 is 0. The van der Waals surface area contributed by atoms with Gasteiger partial charge in [-0.3, -0.25) is 4.99 Å². The van der Waals surface area contributed by atoms with Gasteiger partial charge in [-0.1, -0.05) is 24.3 Å². The van der Waals surface area contributed by atoms with Crippen LogP contribution in [0.1, 0.15) is 45.4 Å². The second-order valence-corrected chi connectivity index (χ2v) is 5.61. The molecule has 0 aliphatic carbocycles. The highest BCUT2D eigenvalue weighted by atomic mass is 16.4. The highest BCUT2D eigenvalue weighted by molar-refractivity contribution is 6.19. The first-order valence-corrected chi connectivity index (χ1v) is 7.62. The molecule has 0 amide bonds. The fourth-order valence-electron chi connectivity index (χ4n) is 3.47. The average molecular weight is 296 g/mol. The minimum atomic E-state index is -0.881. The Labute approximate surface area is 130 Å². The minimum Gasteiger partial charge on any atom is -0.478 e. The molecule has 1 N–H and O–H groups in total. The number of nitrogens with zero attached hydrogens (tertiary/aromatic N) is 2. The normalized spacial score (nSPS) is 13.7. The molecular formula is C18H20N2O2. The lowest BCUT2D eigenvalue weighted by atomic mass is 9.91. The van der Waals surface area contributed by atoms with Gasteiger partial charge in [0.25, 0.3) is 0 Å². The molecule has 0 saturated carbocycles. The first-order valence-electron chi connectivity index (χ1n) is 7.62. The van der Waals surface area contributed by atoms with Crippen LogP contribution in [0.2, 0.25) is 0 Å². The van der Waals surface area contributed by atoms with Crippen molar-refractivity contribution in [3.8, 4) is 0 Å². The Bertz CT molecular complexity index is 785. The van der Waals surface area contributed by atoms with Crippen molar-refractivity contribution in [3.63, 3.8) is 0 Å². The van der Waals surface area contributed by atoms with Gasteiger partial charge < -0.3 is 9.67 Å². The van der Waals surface area contributed by atoms with Crippen LogP contribution in [0.5, 0.6) is 0 Å². The monoisotopic (exact) mass is 296 g/mol. The number of carboxylic acids is 1. The Hall–Kier alpha value is -2.36. The Morgan fingerprint density at radius 1 is 1.27 bits per heavy atom. The molecule has 2 aromatic rings. The number of aromatic nitrogens is 1. The van der Waals surface area contributed by atoms with Crippen molar-refractivity contribution in [1.29, 1.82) is 0 Å². The molecule has 4 nitrogen and oxygen atoms in total. The molecule has 114 valence electrons. The molecule has 0 saturated heterocycles. The van der Waals surface area contributed by atoms with Crippen LogP contribution in [0.4, 0.5) is 0 Å². The van der Waals surface area contributed by atoms with E-state index in [2.05, 4.69) is 15.6 Å². The van der Waals surface area contributed by atoms with Gasteiger partial charge in [-0.15, -0.1) is 0 Å². The van der Waals surface area contributed by atoms with Gasteiger partial charge in [0.2, 0.25) is 0 Å². The molecule has 0 fully saturated rings. The molecule has 1 aliphatic rings. The lowest BCUT2D eigenvalue weighted by Gasteiger charge is -2.17. The predicted molar refractivity (Wildman–Crippen MR) is 87.2 cm³/mol. The van der Waals surface area contributed by atoms with Crippen LogP contribution in [-0.2, 0) is 13.0 Å². The molecule has 3 rings (SSSR count). The summed E-state index contributed by atoms with van der Waals surface area (Å²) < 4.78 is 2.05. The van der Waals surface area contributed by atoms with Gasteiger partial charge in [-0.05, 0) is 32.8 Å². The minimum absolute atomic E-state index is 0.384. The molecule has 0 spiro atoms. The number of aliphatic imine (C=N–C) groups is 1. The van der Waals surface area contributed by atoms with Gasteiger partial charge in [0, 0.05) is 35.6 Å². The summed E-state index contributed by atoms with van der Waals surface area (Å²) in [7, 11) is 0. The van der Waals surface area contributed by atoms with Crippen LogP contribution in [-0.4, -0.2) is 27.9 Å². The quantitative estimate of drug-likeness (QED) is 0.945. The number of hydrogen-bond donors (Lipinski definition) is 1. The van der Waals surface area contributed by atoms with E-state index >= 15 is 0 Å². The van der Waals surface area contributed by atoms with Crippen molar-refractivity contribution in [2.24, 2.45) is 4.99 Å². The number of carboxylic acid groups (broad SMARTS) is 1. The van der Waals surface area contributed by atoms with Crippen LogP contribution in [0, 0.1) is 13.8 Å². The van der Waals surface area contributed by atoms with E-state index in [1.165, 1.54) is 5.56 Å². The molecule has 0 atom stereocenters. The van der Waals surface area contributed by atoms with Crippen molar-refractivity contribution in [1.82, 2.24) is 4.57 Å². The van der Waals surface area contributed by atoms with Crippen LogP contribution < -0.4 is 0 Å². The van der Waals surface area contributed by atoms with Gasteiger partial charge in [0.05, 0.1) is 11.3 Å². The largest absolute Gasteiger partial charge is 0.478 e. The number of aromatic carboxylic acids is 1. The van der Waals surface area contributed by atoms with E-state index in [0.29, 0.717) is 12.1 Å². The smallest absolute Gasteiger partial charge is 0.338 e. The van der Waals surface area contributed by atoms with E-state index in [0.717, 1.165) is 41.2 Å². The van der Waals surface area contributed by atoms with E-state index in [4.69, 9.17) is 0 Å². The molecule has 4 heteroatoms. The zero-order valence-corrected chi connectivity index (χ0v) is 13.2. The summed E-state index contributed by atoms with van der Waals surface area (Å²) in [5.74, 6) is -0.881. The van der Waals surface area contributed by atoms with Crippen LogP contribution in [0.3, 0.4) is 0 Å². The lowest BCUT2D eigenvalue weighted by Crippen LogP contribution is -2.17. The lowest BCUT2D eigenvalue weighted by molar-refractivity contribution is 0.0696. The zero-order valence-electron chi connectivity index (χ0n) is 13.2. The van der Waals surface area contributed by atoms with Gasteiger partial charge in [0.1, 0.15) is 0 Å². The molecule has 0 unspecified atom stereocenters. The van der Waals surface area contributed by atoms with E-state index in [1.807, 2.05) is 39.0 Å². The Morgan fingerprint density at radius 3 is 2.68 bits per heavy atom. The second kappa shape index (κ2) is 5.44. The average Bonchev–Trinajstić information content (AvgIpc) is 2.77. The summed E-state index contributed by atoms with van der Waals surface area (Å²) in [6.07, 6.45) is 0.911. The van der Waals surface area contributed by atoms with E-state index in [-0.39, 0.29) is 0 Å². The first kappa shape index (κ1) is 14.6. The fourth-order valence-corrected chi connectivity index (χ4v) is 3.47. The topological polar surface area (TPSA) is 54.6 Å². The second-order valence-electron chi connectivity index (χ2n) is 5.61. The van der Waals surface area contributed by atoms with E-state index in [9.17, 15) is 9.90 Å². The highest BCUT2D eigenvalue weighted by Crippen LogP contribution is 2.29. The standard InChI is InChI=1S/C18H20N2O2/c1-4-20-11(2)15(16(12(20)3)18(21)22)17-14-8-6-5-7-13(14)9-10-19-17/h5-8H,4,9-10H2,1-3H3,(H,21,22). The number of benzene rings is 1. The van der Waals surface area contributed by atoms with E-state index in [1.54, 1.807) is 0 Å². The molecule has 22 heavy (non-hydrogen) atoms. The van der Waals surface area contributed by atoms with Gasteiger partial charge in [-0.25, -0.2) is 4.79 Å². The third-order valence-corrected chi connectivity index (χ3v) is 4.47. The summed E-state index contributed by atoms with van der Waals surface area (Å²) in [6, 6.07) is 8.15. The number of fused-ring (bicyclic) bond motifs is 1. The zero-order chi connectivity index (χ0) is 15.9. The molecule has 1 aromatic heterocycles. The van der Waals surface area contributed by atoms with Crippen molar-refractivity contribution < 1.29 is 9.90 Å². The molecular weight excluding hydrogens is 276 g/mol. The maximum atomic E-state index is 11.8. The van der Waals surface area contributed by atoms with Crippen molar-refractivity contribution in [2.75, 3.05) is 6.54 Å². The molecule has 2 heterocycles. The van der Waals surface area contributed by atoms with Crippen molar-refractivity contribution in [2.45, 2.75) is 33.7 Å². The molecule has 1 aliphatic heterocycles. The summed E-state index contributed by atoms with van der Waals surface area (Å²) in [4.78, 5) is 16.5.